The van der Waals surface area contributed by atoms with Crippen LogP contribution in [0.1, 0.15) is 21.5 Å². The standard InChI is InChI=1S/C16H11Cl2FO2/c17-13-7-6-12(9-14(13)18)15(19)8-3-10-1-4-11(5-2-10)16(20)21/h1-2,4-9H,3H2,(H,20,21). The molecule has 2 aromatic rings. The zero-order chi connectivity index (χ0) is 15.4. The average Bonchev–Trinajstić information content (AvgIpc) is 2.48. The Morgan fingerprint density at radius 2 is 1.67 bits per heavy atom. The molecular weight excluding hydrogens is 314 g/mol. The topological polar surface area (TPSA) is 37.3 Å². The monoisotopic (exact) mass is 324 g/mol. The number of aromatic carboxylic acids is 1. The summed E-state index contributed by atoms with van der Waals surface area (Å²) in [5, 5.41) is 9.46. The molecule has 0 heterocycles. The van der Waals surface area contributed by atoms with Crippen molar-refractivity contribution in [3.05, 3.63) is 75.3 Å². The summed E-state index contributed by atoms with van der Waals surface area (Å²) in [7, 11) is 0. The van der Waals surface area contributed by atoms with Crippen LogP contribution in [-0.4, -0.2) is 11.1 Å². The molecule has 0 saturated heterocycles. The van der Waals surface area contributed by atoms with Gasteiger partial charge in [-0.1, -0.05) is 41.4 Å². The molecule has 0 unspecified atom stereocenters. The van der Waals surface area contributed by atoms with Gasteiger partial charge in [-0.3, -0.25) is 0 Å². The second-order valence-electron chi connectivity index (χ2n) is 4.39. The van der Waals surface area contributed by atoms with E-state index < -0.39 is 11.8 Å². The van der Waals surface area contributed by atoms with Crippen molar-refractivity contribution in [2.45, 2.75) is 6.42 Å². The first-order valence-corrected chi connectivity index (χ1v) is 6.86. The van der Waals surface area contributed by atoms with Gasteiger partial charge in [-0.15, -0.1) is 0 Å². The van der Waals surface area contributed by atoms with Gasteiger partial charge in [-0.25, -0.2) is 9.18 Å². The minimum absolute atomic E-state index is 0.202. The first-order chi connectivity index (χ1) is 9.97. The van der Waals surface area contributed by atoms with E-state index in [0.717, 1.165) is 5.56 Å². The van der Waals surface area contributed by atoms with E-state index in [1.165, 1.54) is 30.3 Å². The Bertz CT molecular complexity index is 694. The number of rotatable bonds is 4. The van der Waals surface area contributed by atoms with E-state index in [2.05, 4.69) is 0 Å². The molecule has 0 radical (unpaired) electrons. The molecule has 0 aromatic heterocycles. The minimum atomic E-state index is -0.987. The molecule has 0 fully saturated rings. The summed E-state index contributed by atoms with van der Waals surface area (Å²) >= 11 is 11.6. The second-order valence-corrected chi connectivity index (χ2v) is 5.20. The number of carboxylic acids is 1. The quantitative estimate of drug-likeness (QED) is 0.834. The normalized spacial score (nSPS) is 11.5. The fourth-order valence-corrected chi connectivity index (χ4v) is 2.05. The van der Waals surface area contributed by atoms with E-state index in [9.17, 15) is 9.18 Å². The summed E-state index contributed by atoms with van der Waals surface area (Å²) in [6, 6.07) is 10.8. The molecule has 0 bridgehead atoms. The van der Waals surface area contributed by atoms with E-state index in [-0.39, 0.29) is 5.56 Å². The predicted octanol–water partition coefficient (Wildman–Crippen LogP) is 5.24. The van der Waals surface area contributed by atoms with Gasteiger partial charge in [0.1, 0.15) is 5.83 Å². The molecule has 108 valence electrons. The van der Waals surface area contributed by atoms with Gasteiger partial charge < -0.3 is 5.11 Å². The molecule has 0 aliphatic carbocycles. The highest BCUT2D eigenvalue weighted by molar-refractivity contribution is 6.42. The molecule has 21 heavy (non-hydrogen) atoms. The van der Waals surface area contributed by atoms with Gasteiger partial charge in [0.15, 0.2) is 0 Å². The van der Waals surface area contributed by atoms with Crippen LogP contribution in [0.25, 0.3) is 5.83 Å². The van der Waals surface area contributed by atoms with Crippen molar-refractivity contribution in [3.63, 3.8) is 0 Å². The third-order valence-electron chi connectivity index (χ3n) is 2.91. The third kappa shape index (κ3) is 4.06. The fraction of sp³-hybridized carbons (Fsp3) is 0.0625. The van der Waals surface area contributed by atoms with Crippen LogP contribution in [0.4, 0.5) is 4.39 Å². The number of hydrogen-bond donors (Lipinski definition) is 1. The number of hydrogen-bond acceptors (Lipinski definition) is 1. The van der Waals surface area contributed by atoms with Crippen LogP contribution in [0.2, 0.25) is 10.0 Å². The molecule has 1 N–H and O–H groups in total. The Hall–Kier alpha value is -1.84. The molecule has 5 heteroatoms. The summed E-state index contributed by atoms with van der Waals surface area (Å²) < 4.78 is 14.0. The Balaban J connectivity index is 2.12. The number of halogens is 3. The molecule has 0 spiro atoms. The SMILES string of the molecule is O=C(O)c1ccc(CC=C(F)c2ccc(Cl)c(Cl)c2)cc1. The highest BCUT2D eigenvalue weighted by Crippen LogP contribution is 2.27. The summed E-state index contributed by atoms with van der Waals surface area (Å²) in [6.07, 6.45) is 1.77. The lowest BCUT2D eigenvalue weighted by molar-refractivity contribution is 0.0697. The van der Waals surface area contributed by atoms with Crippen LogP contribution in [-0.2, 0) is 6.42 Å². The van der Waals surface area contributed by atoms with Gasteiger partial charge in [0, 0.05) is 5.56 Å². The van der Waals surface area contributed by atoms with Crippen LogP contribution in [0.15, 0.2) is 48.5 Å². The van der Waals surface area contributed by atoms with Crippen LogP contribution in [0.5, 0.6) is 0 Å². The lowest BCUT2D eigenvalue weighted by Gasteiger charge is -2.02. The van der Waals surface area contributed by atoms with Gasteiger partial charge in [0.25, 0.3) is 0 Å². The first kappa shape index (κ1) is 15.5. The molecule has 2 nitrogen and oxygen atoms in total. The number of carboxylic acid groups (broad SMARTS) is 1. The maximum absolute atomic E-state index is 14.0. The molecule has 0 amide bonds. The van der Waals surface area contributed by atoms with Crippen molar-refractivity contribution in [3.8, 4) is 0 Å². The lowest BCUT2D eigenvalue weighted by Crippen LogP contribution is -1.95. The molecule has 0 aliphatic heterocycles. The Morgan fingerprint density at radius 3 is 2.24 bits per heavy atom. The smallest absolute Gasteiger partial charge is 0.335 e. The first-order valence-electron chi connectivity index (χ1n) is 6.10. The van der Waals surface area contributed by atoms with Crippen LogP contribution in [0, 0.1) is 0 Å². The molecule has 0 saturated carbocycles. The lowest BCUT2D eigenvalue weighted by atomic mass is 10.1. The largest absolute Gasteiger partial charge is 0.478 e. The van der Waals surface area contributed by atoms with E-state index in [4.69, 9.17) is 28.3 Å². The zero-order valence-corrected chi connectivity index (χ0v) is 12.3. The highest BCUT2D eigenvalue weighted by Gasteiger charge is 2.05. The second kappa shape index (κ2) is 6.74. The van der Waals surface area contributed by atoms with Gasteiger partial charge in [0.2, 0.25) is 0 Å². The van der Waals surface area contributed by atoms with Gasteiger partial charge in [0.05, 0.1) is 15.6 Å². The molecule has 0 aliphatic rings. The van der Waals surface area contributed by atoms with E-state index in [1.54, 1.807) is 18.2 Å². The average molecular weight is 325 g/mol. The van der Waals surface area contributed by atoms with Crippen molar-refractivity contribution < 1.29 is 14.3 Å². The summed E-state index contributed by atoms with van der Waals surface area (Å²) in [6.45, 7) is 0. The number of carbonyl (C=O) groups is 1. The Labute approximate surface area is 131 Å². The van der Waals surface area contributed by atoms with Crippen molar-refractivity contribution in [2.24, 2.45) is 0 Å². The third-order valence-corrected chi connectivity index (χ3v) is 3.65. The highest BCUT2D eigenvalue weighted by atomic mass is 35.5. The summed E-state index contributed by atoms with van der Waals surface area (Å²) in [5.41, 5.74) is 1.37. The molecule has 0 atom stereocenters. The van der Waals surface area contributed by atoms with Crippen LogP contribution < -0.4 is 0 Å². The minimum Gasteiger partial charge on any atom is -0.478 e. The number of allylic oxidation sites excluding steroid dienone is 1. The predicted molar refractivity (Wildman–Crippen MR) is 82.7 cm³/mol. The van der Waals surface area contributed by atoms with E-state index in [0.29, 0.717) is 22.0 Å². The van der Waals surface area contributed by atoms with Crippen molar-refractivity contribution in [2.75, 3.05) is 0 Å². The Morgan fingerprint density at radius 1 is 1.05 bits per heavy atom. The van der Waals surface area contributed by atoms with Crippen LogP contribution in [0.3, 0.4) is 0 Å². The van der Waals surface area contributed by atoms with Gasteiger partial charge in [-0.05, 0) is 42.3 Å². The molecule has 2 rings (SSSR count). The molecular formula is C16H11Cl2FO2. The van der Waals surface area contributed by atoms with E-state index in [1.807, 2.05) is 0 Å². The van der Waals surface area contributed by atoms with E-state index >= 15 is 0 Å². The summed E-state index contributed by atoms with van der Waals surface area (Å²) in [5.74, 6) is -1.39. The zero-order valence-electron chi connectivity index (χ0n) is 10.8. The fourth-order valence-electron chi connectivity index (χ4n) is 1.75. The maximum Gasteiger partial charge on any atom is 0.335 e. The maximum atomic E-state index is 14.0. The number of benzene rings is 2. The Kier molecular flexibility index (Phi) is 4.99. The van der Waals surface area contributed by atoms with Crippen molar-refractivity contribution in [1.29, 1.82) is 0 Å². The van der Waals surface area contributed by atoms with Gasteiger partial charge in [-0.2, -0.15) is 0 Å². The van der Waals surface area contributed by atoms with Gasteiger partial charge >= 0.3 is 5.97 Å². The van der Waals surface area contributed by atoms with Crippen molar-refractivity contribution >= 4 is 35.0 Å². The molecule has 2 aromatic carbocycles. The van der Waals surface area contributed by atoms with Crippen molar-refractivity contribution in [1.82, 2.24) is 0 Å². The van der Waals surface area contributed by atoms with Crippen LogP contribution >= 0.6 is 23.2 Å². The summed E-state index contributed by atoms with van der Waals surface area (Å²) in [4.78, 5) is 10.7.